The number of hydrogen-bond acceptors (Lipinski definition) is 8. The molecule has 7 rings (SSSR count). The zero-order chi connectivity index (χ0) is 39.3. The number of carbonyl (C=O) groups is 3. The van der Waals surface area contributed by atoms with Gasteiger partial charge in [0.1, 0.15) is 29.2 Å². The first-order valence-corrected chi connectivity index (χ1v) is 20.0. The topological polar surface area (TPSA) is 146 Å². The summed E-state index contributed by atoms with van der Waals surface area (Å²) in [6.45, 7) is 5.75. The van der Waals surface area contributed by atoms with Crippen molar-refractivity contribution in [1.82, 2.24) is 20.3 Å². The minimum Gasteiger partial charge on any atom is -0.390 e. The Morgan fingerprint density at radius 1 is 0.964 bits per heavy atom. The molecule has 0 bridgehead atoms. The van der Waals surface area contributed by atoms with Crippen LogP contribution in [0, 0.1) is 17.2 Å². The number of oxime groups is 1. The third-order valence-corrected chi connectivity index (χ3v) is 12.6. The number of halogens is 3. The van der Waals surface area contributed by atoms with Gasteiger partial charge < -0.3 is 20.4 Å². The molecule has 3 amide bonds. The quantitative estimate of drug-likeness (QED) is 0.169. The van der Waals surface area contributed by atoms with Crippen molar-refractivity contribution in [1.29, 1.82) is 0 Å². The Morgan fingerprint density at radius 2 is 1.60 bits per heavy atom. The molecule has 3 aromatic rings. The summed E-state index contributed by atoms with van der Waals surface area (Å²) < 4.78 is 69.3. The molecule has 3 fully saturated rings. The predicted molar refractivity (Wildman–Crippen MR) is 199 cm³/mol. The zero-order valence-corrected chi connectivity index (χ0v) is 31.5. The zero-order valence-electron chi connectivity index (χ0n) is 30.7. The number of hydrogen-bond donors (Lipinski definition) is 3. The highest BCUT2D eigenvalue weighted by atomic mass is 32.2. The summed E-state index contributed by atoms with van der Waals surface area (Å²) in [5, 5.41) is 9.49. The molecule has 3 N–H and O–H groups in total. The molecule has 3 aromatic carbocycles. The lowest BCUT2D eigenvalue weighted by Crippen LogP contribution is -2.60. The Balaban J connectivity index is 1.16. The molecule has 11 nitrogen and oxygen atoms in total. The van der Waals surface area contributed by atoms with Gasteiger partial charge in [0, 0.05) is 17.5 Å². The number of alkyl halides is 2. The van der Waals surface area contributed by atoms with Gasteiger partial charge in [0.25, 0.3) is 5.91 Å². The van der Waals surface area contributed by atoms with Gasteiger partial charge in [-0.05, 0) is 66.5 Å². The molecule has 55 heavy (non-hydrogen) atoms. The van der Waals surface area contributed by atoms with Gasteiger partial charge in [0.05, 0.1) is 23.8 Å². The number of sulfonamides is 1. The van der Waals surface area contributed by atoms with Crippen LogP contribution in [0.3, 0.4) is 0 Å². The van der Waals surface area contributed by atoms with Crippen LogP contribution in [-0.4, -0.2) is 85.2 Å². The summed E-state index contributed by atoms with van der Waals surface area (Å²) in [6.07, 6.45) is -3.31. The molecular weight excluding hydrogens is 736 g/mol. The van der Waals surface area contributed by atoms with Crippen LogP contribution >= 0.6 is 0 Å². The average Bonchev–Trinajstić information content (AvgIpc) is 4.05. The van der Waals surface area contributed by atoms with E-state index in [1.165, 1.54) is 17.0 Å². The minimum atomic E-state index is -4.11. The first-order valence-electron chi connectivity index (χ1n) is 18.5. The largest absolute Gasteiger partial charge is 0.390 e. The van der Waals surface area contributed by atoms with Gasteiger partial charge in [-0.15, -0.1) is 0 Å². The molecule has 3 aliphatic carbocycles. The van der Waals surface area contributed by atoms with Crippen molar-refractivity contribution in [2.45, 2.75) is 88.3 Å². The first-order chi connectivity index (χ1) is 26.1. The van der Waals surface area contributed by atoms with Gasteiger partial charge in [0.2, 0.25) is 28.3 Å². The molecule has 0 unspecified atom stereocenters. The number of nitrogens with zero attached hydrogens (tertiary/aromatic N) is 2. The summed E-state index contributed by atoms with van der Waals surface area (Å²) in [4.78, 5) is 49.6. The van der Waals surface area contributed by atoms with Crippen LogP contribution in [0.5, 0.6) is 0 Å². The number of amides is 3. The van der Waals surface area contributed by atoms with E-state index in [1.54, 1.807) is 12.1 Å². The molecular formula is C40H44F3N5O6S. The molecule has 0 radical (unpaired) electrons. The van der Waals surface area contributed by atoms with Crippen LogP contribution in [0.15, 0.2) is 78.0 Å². The van der Waals surface area contributed by atoms with Gasteiger partial charge in [-0.25, -0.2) is 21.6 Å². The maximum atomic E-state index is 14.5. The summed E-state index contributed by atoms with van der Waals surface area (Å²) in [6, 6.07) is 19.4. The Bertz CT molecular complexity index is 2090. The van der Waals surface area contributed by atoms with Crippen molar-refractivity contribution in [3.8, 4) is 11.1 Å². The second-order valence-electron chi connectivity index (χ2n) is 15.9. The minimum absolute atomic E-state index is 0.0881. The van der Waals surface area contributed by atoms with Crippen LogP contribution in [0.4, 0.5) is 13.2 Å². The van der Waals surface area contributed by atoms with E-state index in [4.69, 9.17) is 4.84 Å². The molecule has 0 spiro atoms. The highest BCUT2D eigenvalue weighted by molar-refractivity contribution is 7.91. The normalized spacial score (nSPS) is 23.5. The second-order valence-corrected chi connectivity index (χ2v) is 17.9. The number of nitrogens with one attached hydrogen (secondary N) is 3. The Hall–Kier alpha value is -4.76. The summed E-state index contributed by atoms with van der Waals surface area (Å²) in [5.41, 5.74) is 2.08. The fraction of sp³-hybridized carbons (Fsp3) is 0.450. The van der Waals surface area contributed by atoms with Crippen LogP contribution < -0.4 is 15.4 Å². The molecule has 15 heteroatoms. The number of likely N-dealkylation sites (tertiary alicyclic amines) is 1. The number of benzene rings is 3. The van der Waals surface area contributed by atoms with Crippen molar-refractivity contribution in [2.24, 2.45) is 16.5 Å². The SMILES string of the molecule is CC(C)(C)[C@H](NCCc1cccc(F)c1)C(=O)N1C[C@H](ON=C2c3ccccc3-c3ccccc32)C[C@H]1C(=O)N[C@@]1(C(=O)NS(=O)(=O)C2CC2)C[C@H]1C(F)F. The van der Waals surface area contributed by atoms with Crippen molar-refractivity contribution < 1.29 is 40.8 Å². The summed E-state index contributed by atoms with van der Waals surface area (Å²) in [5.74, 6) is -4.59. The summed E-state index contributed by atoms with van der Waals surface area (Å²) >= 11 is 0. The van der Waals surface area contributed by atoms with Gasteiger partial charge in [-0.3, -0.25) is 19.1 Å². The first kappa shape index (κ1) is 38.5. The third kappa shape index (κ3) is 7.86. The van der Waals surface area contributed by atoms with E-state index in [2.05, 4.69) is 15.8 Å². The van der Waals surface area contributed by atoms with E-state index in [1.807, 2.05) is 74.0 Å². The smallest absolute Gasteiger partial charge is 0.259 e. The maximum absolute atomic E-state index is 14.5. The van der Waals surface area contributed by atoms with Crippen molar-refractivity contribution >= 4 is 33.5 Å². The maximum Gasteiger partial charge on any atom is 0.259 e. The van der Waals surface area contributed by atoms with Gasteiger partial charge in [-0.1, -0.05) is 86.6 Å². The van der Waals surface area contributed by atoms with Gasteiger partial charge >= 0.3 is 0 Å². The molecule has 5 atom stereocenters. The predicted octanol–water partition coefficient (Wildman–Crippen LogP) is 4.54. The molecule has 4 aliphatic rings. The summed E-state index contributed by atoms with van der Waals surface area (Å²) in [7, 11) is -4.11. The van der Waals surface area contributed by atoms with E-state index in [-0.39, 0.29) is 18.8 Å². The molecule has 1 aliphatic heterocycles. The van der Waals surface area contributed by atoms with Gasteiger partial charge in [-0.2, -0.15) is 0 Å². The van der Waals surface area contributed by atoms with E-state index in [9.17, 15) is 36.0 Å². The Kier molecular flexibility index (Phi) is 10.3. The van der Waals surface area contributed by atoms with E-state index < -0.39 is 80.9 Å². The molecule has 0 aromatic heterocycles. The Labute approximate surface area is 318 Å². The molecule has 2 saturated carbocycles. The number of fused-ring (bicyclic) bond motifs is 3. The van der Waals surface area contributed by atoms with Crippen molar-refractivity contribution in [2.75, 3.05) is 13.1 Å². The van der Waals surface area contributed by atoms with Crippen LogP contribution in [0.25, 0.3) is 11.1 Å². The third-order valence-electron chi connectivity index (χ3n) is 10.8. The van der Waals surface area contributed by atoms with Gasteiger partial charge in [0.15, 0.2) is 0 Å². The monoisotopic (exact) mass is 779 g/mol. The number of rotatable bonds is 13. The standard InChI is InChI=1S/C40H44F3N5O6S/c1-39(2,3)34(44-18-17-23-9-8-10-24(41)19-23)37(50)48-22-25(54-46-33-29-13-6-4-11-27(29)28-12-5-7-14-30(28)33)20-32(48)36(49)45-40(21-31(40)35(42)43)38(51)47-55(52,53)26-15-16-26/h4-14,19,25-26,31-32,34-35,44H,15-18,20-22H2,1-3H3,(H,45,49)(H,47,51)/t25-,31+,32+,34-,40+/m1/s1. The lowest BCUT2D eigenvalue weighted by Gasteiger charge is -2.36. The van der Waals surface area contributed by atoms with Crippen molar-refractivity contribution in [3.05, 3.63) is 95.3 Å². The highest BCUT2D eigenvalue weighted by Gasteiger charge is 2.66. The highest BCUT2D eigenvalue weighted by Crippen LogP contribution is 2.48. The van der Waals surface area contributed by atoms with E-state index in [0.29, 0.717) is 31.5 Å². The van der Waals surface area contributed by atoms with E-state index >= 15 is 0 Å². The molecule has 292 valence electrons. The van der Waals surface area contributed by atoms with Crippen LogP contribution in [-0.2, 0) is 35.7 Å². The fourth-order valence-corrected chi connectivity index (χ4v) is 8.97. The van der Waals surface area contributed by atoms with Crippen molar-refractivity contribution in [3.63, 3.8) is 0 Å². The Morgan fingerprint density at radius 3 is 2.16 bits per heavy atom. The van der Waals surface area contributed by atoms with E-state index in [0.717, 1.165) is 27.8 Å². The molecule has 1 heterocycles. The average molecular weight is 780 g/mol. The lowest BCUT2D eigenvalue weighted by molar-refractivity contribution is -0.143. The second kappa shape index (κ2) is 14.7. The lowest BCUT2D eigenvalue weighted by atomic mass is 9.85. The number of carbonyl (C=O) groups excluding carboxylic acids is 3. The molecule has 1 saturated heterocycles. The van der Waals surface area contributed by atoms with Crippen LogP contribution in [0.1, 0.15) is 63.1 Å². The van der Waals surface area contributed by atoms with Crippen LogP contribution in [0.2, 0.25) is 0 Å². The fourth-order valence-electron chi connectivity index (χ4n) is 7.61.